The summed E-state index contributed by atoms with van der Waals surface area (Å²) < 4.78 is 18.8. The predicted octanol–water partition coefficient (Wildman–Crippen LogP) is 4.10. The molecule has 7 nitrogen and oxygen atoms in total. The van der Waals surface area contributed by atoms with Crippen LogP contribution in [0.3, 0.4) is 0 Å². The van der Waals surface area contributed by atoms with E-state index in [-0.39, 0.29) is 43.0 Å². The Morgan fingerprint density at radius 1 is 1.16 bits per heavy atom. The second kappa shape index (κ2) is 12.0. The maximum Gasteiger partial charge on any atom is 0.243 e. The van der Waals surface area contributed by atoms with E-state index in [1.165, 1.54) is 18.2 Å². The molecule has 0 unspecified atom stereocenters. The fraction of sp³-hybridized carbons (Fsp3) is 0.227. The third kappa shape index (κ3) is 7.67. The smallest absolute Gasteiger partial charge is 0.243 e. The Morgan fingerprint density at radius 3 is 2.65 bits per heavy atom. The van der Waals surface area contributed by atoms with Crippen molar-refractivity contribution in [3.8, 4) is 11.5 Å². The van der Waals surface area contributed by atoms with Crippen molar-refractivity contribution in [1.82, 2.24) is 15.6 Å². The first kappa shape index (κ1) is 24.3. The number of amides is 1. The average molecular weight is 537 g/mol. The average Bonchev–Trinajstić information content (AvgIpc) is 3.19. The van der Waals surface area contributed by atoms with Crippen molar-refractivity contribution >= 4 is 41.5 Å². The number of hydrogen-bond donors (Lipinski definition) is 3. The lowest BCUT2D eigenvalue weighted by Gasteiger charge is -2.11. The van der Waals surface area contributed by atoms with Gasteiger partial charge in [0.25, 0.3) is 0 Å². The SMILES string of the molecule is CCNC(=NCc1coc(-c2ccc(C)cc2)n1)NCC(=O)Nc1cccc(F)c1.I. The maximum absolute atomic E-state index is 13.2. The number of benzene rings is 2. The minimum absolute atomic E-state index is 0. The largest absolute Gasteiger partial charge is 0.444 e. The van der Waals surface area contributed by atoms with Crippen LogP contribution in [0.2, 0.25) is 0 Å². The molecule has 164 valence electrons. The number of guanidine groups is 1. The molecular weight excluding hydrogens is 512 g/mol. The molecule has 3 N–H and O–H groups in total. The van der Waals surface area contributed by atoms with Crippen LogP contribution in [0.1, 0.15) is 18.2 Å². The second-order valence-corrected chi connectivity index (χ2v) is 6.62. The highest BCUT2D eigenvalue weighted by Gasteiger charge is 2.08. The molecule has 31 heavy (non-hydrogen) atoms. The van der Waals surface area contributed by atoms with Crippen LogP contribution in [-0.4, -0.2) is 29.9 Å². The first-order chi connectivity index (χ1) is 14.5. The molecule has 0 saturated carbocycles. The van der Waals surface area contributed by atoms with E-state index >= 15 is 0 Å². The van der Waals surface area contributed by atoms with Crippen molar-refractivity contribution in [2.45, 2.75) is 20.4 Å². The lowest BCUT2D eigenvalue weighted by Crippen LogP contribution is -2.41. The normalized spacial score (nSPS) is 10.9. The van der Waals surface area contributed by atoms with Gasteiger partial charge >= 0.3 is 0 Å². The van der Waals surface area contributed by atoms with E-state index in [4.69, 9.17) is 4.42 Å². The first-order valence-electron chi connectivity index (χ1n) is 9.62. The highest BCUT2D eigenvalue weighted by molar-refractivity contribution is 14.0. The van der Waals surface area contributed by atoms with Gasteiger partial charge in [-0.05, 0) is 44.2 Å². The van der Waals surface area contributed by atoms with Gasteiger partial charge in [-0.15, -0.1) is 24.0 Å². The lowest BCUT2D eigenvalue weighted by atomic mass is 10.1. The maximum atomic E-state index is 13.2. The third-order valence-corrected chi connectivity index (χ3v) is 4.12. The topological polar surface area (TPSA) is 91.6 Å². The highest BCUT2D eigenvalue weighted by atomic mass is 127. The van der Waals surface area contributed by atoms with Crippen LogP contribution in [-0.2, 0) is 11.3 Å². The molecule has 3 rings (SSSR count). The van der Waals surface area contributed by atoms with Crippen LogP contribution in [0, 0.1) is 12.7 Å². The molecule has 9 heteroatoms. The predicted molar refractivity (Wildman–Crippen MR) is 130 cm³/mol. The van der Waals surface area contributed by atoms with E-state index in [9.17, 15) is 9.18 Å². The number of oxazole rings is 1. The van der Waals surface area contributed by atoms with E-state index in [1.54, 1.807) is 12.3 Å². The standard InChI is InChI=1S/C22H24FN5O2.HI/c1-3-24-22(26-13-20(29)27-18-6-4-5-17(23)11-18)25-12-19-14-30-21(28-19)16-9-7-15(2)8-10-16;/h4-11,14H,3,12-13H2,1-2H3,(H,27,29)(H2,24,25,26);1H. The molecule has 0 aliphatic carbocycles. The van der Waals surface area contributed by atoms with Crippen molar-refractivity contribution in [3.63, 3.8) is 0 Å². The molecule has 0 aliphatic rings. The Morgan fingerprint density at radius 2 is 1.94 bits per heavy atom. The fourth-order valence-corrected chi connectivity index (χ4v) is 2.65. The number of aliphatic imine (C=N–C) groups is 1. The van der Waals surface area contributed by atoms with Gasteiger partial charge in [0.2, 0.25) is 11.8 Å². The van der Waals surface area contributed by atoms with Crippen LogP contribution < -0.4 is 16.0 Å². The molecule has 1 heterocycles. The monoisotopic (exact) mass is 537 g/mol. The van der Waals surface area contributed by atoms with Gasteiger partial charge < -0.3 is 20.4 Å². The first-order valence-corrected chi connectivity index (χ1v) is 9.62. The molecule has 0 spiro atoms. The van der Waals surface area contributed by atoms with Crippen molar-refractivity contribution in [2.24, 2.45) is 4.99 Å². The highest BCUT2D eigenvalue weighted by Crippen LogP contribution is 2.19. The van der Waals surface area contributed by atoms with Gasteiger partial charge in [-0.2, -0.15) is 0 Å². The number of aryl methyl sites for hydroxylation is 1. The molecule has 1 aromatic heterocycles. The Balaban J connectivity index is 0.00000341. The Labute approximate surface area is 197 Å². The summed E-state index contributed by atoms with van der Waals surface area (Å²) in [6.45, 7) is 4.85. The van der Waals surface area contributed by atoms with Gasteiger partial charge in [-0.3, -0.25) is 4.79 Å². The van der Waals surface area contributed by atoms with E-state index in [2.05, 4.69) is 25.9 Å². The Bertz CT molecular complexity index is 1020. The summed E-state index contributed by atoms with van der Waals surface area (Å²) in [6, 6.07) is 13.6. The van der Waals surface area contributed by atoms with E-state index < -0.39 is 5.82 Å². The Kier molecular flexibility index (Phi) is 9.44. The summed E-state index contributed by atoms with van der Waals surface area (Å²) in [5.41, 5.74) is 3.13. The molecule has 3 aromatic rings. The number of nitrogens with zero attached hydrogens (tertiary/aromatic N) is 2. The number of carbonyl (C=O) groups excluding carboxylic acids is 1. The number of halogens is 2. The quantitative estimate of drug-likeness (QED) is 0.240. The molecule has 2 aromatic carbocycles. The molecule has 0 radical (unpaired) electrons. The zero-order valence-corrected chi connectivity index (χ0v) is 19.6. The van der Waals surface area contributed by atoms with Crippen molar-refractivity contribution < 1.29 is 13.6 Å². The van der Waals surface area contributed by atoms with Gasteiger partial charge in [0, 0.05) is 17.8 Å². The van der Waals surface area contributed by atoms with Crippen LogP contribution >= 0.6 is 24.0 Å². The molecule has 0 atom stereocenters. The van der Waals surface area contributed by atoms with Gasteiger partial charge in [0.15, 0.2) is 5.96 Å². The summed E-state index contributed by atoms with van der Waals surface area (Å²) in [4.78, 5) is 21.0. The van der Waals surface area contributed by atoms with Crippen LogP contribution in [0.4, 0.5) is 10.1 Å². The lowest BCUT2D eigenvalue weighted by molar-refractivity contribution is -0.115. The molecule has 1 amide bonds. The van der Waals surface area contributed by atoms with Gasteiger partial charge in [0.05, 0.1) is 13.1 Å². The summed E-state index contributed by atoms with van der Waals surface area (Å²) in [6.07, 6.45) is 1.57. The van der Waals surface area contributed by atoms with E-state index in [0.29, 0.717) is 29.8 Å². The van der Waals surface area contributed by atoms with Crippen LogP contribution in [0.15, 0.2) is 64.2 Å². The zero-order chi connectivity index (χ0) is 21.3. The second-order valence-electron chi connectivity index (χ2n) is 6.62. The van der Waals surface area contributed by atoms with Crippen LogP contribution in [0.25, 0.3) is 11.5 Å². The van der Waals surface area contributed by atoms with Crippen LogP contribution in [0.5, 0.6) is 0 Å². The molecule has 0 saturated heterocycles. The summed E-state index contributed by atoms with van der Waals surface area (Å²) >= 11 is 0. The number of aromatic nitrogens is 1. The molecular formula is C22H25FIN5O2. The van der Waals surface area contributed by atoms with E-state index in [1.807, 2.05) is 38.1 Å². The summed E-state index contributed by atoms with van der Waals surface area (Å²) in [7, 11) is 0. The van der Waals surface area contributed by atoms with E-state index in [0.717, 1.165) is 11.1 Å². The number of anilines is 1. The zero-order valence-electron chi connectivity index (χ0n) is 17.3. The number of carbonyl (C=O) groups is 1. The number of rotatable bonds is 7. The molecule has 0 fully saturated rings. The van der Waals surface area contributed by atoms with Crippen molar-refractivity contribution in [2.75, 3.05) is 18.4 Å². The Hall–Kier alpha value is -2.95. The fourth-order valence-electron chi connectivity index (χ4n) is 2.65. The van der Waals surface area contributed by atoms with Gasteiger partial charge in [-0.1, -0.05) is 23.8 Å². The minimum Gasteiger partial charge on any atom is -0.444 e. The minimum atomic E-state index is -0.409. The third-order valence-electron chi connectivity index (χ3n) is 4.12. The molecule has 0 aliphatic heterocycles. The number of nitrogens with one attached hydrogen (secondary N) is 3. The van der Waals surface area contributed by atoms with Gasteiger partial charge in [0.1, 0.15) is 17.8 Å². The number of hydrogen-bond acceptors (Lipinski definition) is 4. The van der Waals surface area contributed by atoms with Crippen molar-refractivity contribution in [3.05, 3.63) is 71.9 Å². The summed E-state index contributed by atoms with van der Waals surface area (Å²) in [5, 5.41) is 8.64. The molecule has 0 bridgehead atoms. The summed E-state index contributed by atoms with van der Waals surface area (Å²) in [5.74, 6) is 0.280. The van der Waals surface area contributed by atoms with Crippen molar-refractivity contribution in [1.29, 1.82) is 0 Å². The van der Waals surface area contributed by atoms with Gasteiger partial charge in [-0.25, -0.2) is 14.4 Å².